The van der Waals surface area contributed by atoms with E-state index in [1.165, 1.54) is 34.2 Å². The topological polar surface area (TPSA) is 12.0 Å². The highest BCUT2D eigenvalue weighted by atomic mass is 79.9. The molecule has 1 aromatic heterocycles. The SMILES string of the molecule is CCCNC(c1cc2c(s1)CCC2)c1cc(Br)ccc1Br. The number of thiophene rings is 1. The average Bonchev–Trinajstić information content (AvgIpc) is 3.04. The van der Waals surface area contributed by atoms with Gasteiger partial charge in [-0.25, -0.2) is 0 Å². The van der Waals surface area contributed by atoms with E-state index >= 15 is 0 Å². The summed E-state index contributed by atoms with van der Waals surface area (Å²) in [6, 6.07) is 9.14. The van der Waals surface area contributed by atoms with Crippen LogP contribution in [-0.2, 0) is 12.8 Å². The van der Waals surface area contributed by atoms with Crippen molar-refractivity contribution in [3.8, 4) is 0 Å². The van der Waals surface area contributed by atoms with E-state index in [4.69, 9.17) is 0 Å². The molecule has 4 heteroatoms. The first kappa shape index (κ1) is 15.7. The molecule has 0 amide bonds. The van der Waals surface area contributed by atoms with Crippen LogP contribution in [0.5, 0.6) is 0 Å². The highest BCUT2D eigenvalue weighted by Crippen LogP contribution is 2.38. The number of rotatable bonds is 5. The van der Waals surface area contributed by atoms with Crippen LogP contribution < -0.4 is 5.32 Å². The number of hydrogen-bond donors (Lipinski definition) is 1. The summed E-state index contributed by atoms with van der Waals surface area (Å²) in [5, 5.41) is 3.72. The van der Waals surface area contributed by atoms with Crippen molar-refractivity contribution in [2.45, 2.75) is 38.6 Å². The molecule has 3 rings (SSSR count). The van der Waals surface area contributed by atoms with Crippen LogP contribution in [0.4, 0.5) is 0 Å². The van der Waals surface area contributed by atoms with E-state index in [1.807, 2.05) is 11.3 Å². The predicted molar refractivity (Wildman–Crippen MR) is 98.3 cm³/mol. The third-order valence-corrected chi connectivity index (χ3v) is 6.44. The van der Waals surface area contributed by atoms with Gasteiger partial charge in [-0.2, -0.15) is 0 Å². The molecule has 1 aliphatic carbocycles. The number of aryl methyl sites for hydroxylation is 2. The number of benzene rings is 1. The Morgan fingerprint density at radius 3 is 2.86 bits per heavy atom. The van der Waals surface area contributed by atoms with Crippen LogP contribution in [-0.4, -0.2) is 6.54 Å². The number of nitrogens with one attached hydrogen (secondary N) is 1. The maximum Gasteiger partial charge on any atom is 0.0682 e. The molecule has 21 heavy (non-hydrogen) atoms. The molecule has 1 aliphatic rings. The van der Waals surface area contributed by atoms with Crippen LogP contribution in [0.15, 0.2) is 33.2 Å². The summed E-state index contributed by atoms with van der Waals surface area (Å²) in [6.45, 7) is 3.25. The third-order valence-electron chi connectivity index (χ3n) is 3.92. The van der Waals surface area contributed by atoms with Gasteiger partial charge in [0.1, 0.15) is 0 Å². The molecule has 1 unspecified atom stereocenters. The third kappa shape index (κ3) is 3.44. The molecule has 0 fully saturated rings. The second-order valence-corrected chi connectivity index (χ2v) is 8.44. The average molecular weight is 429 g/mol. The molecule has 0 radical (unpaired) electrons. The van der Waals surface area contributed by atoms with Gasteiger partial charge in [-0.05, 0) is 67.6 Å². The summed E-state index contributed by atoms with van der Waals surface area (Å²) in [7, 11) is 0. The Kier molecular flexibility index (Phi) is 5.20. The fraction of sp³-hybridized carbons (Fsp3) is 0.412. The van der Waals surface area contributed by atoms with Gasteiger partial charge in [-0.3, -0.25) is 0 Å². The van der Waals surface area contributed by atoms with E-state index in [9.17, 15) is 0 Å². The summed E-state index contributed by atoms with van der Waals surface area (Å²) in [5.74, 6) is 0. The van der Waals surface area contributed by atoms with Crippen molar-refractivity contribution in [3.63, 3.8) is 0 Å². The highest BCUT2D eigenvalue weighted by Gasteiger charge is 2.22. The monoisotopic (exact) mass is 427 g/mol. The molecule has 1 N–H and O–H groups in total. The molecule has 0 saturated heterocycles. The maximum atomic E-state index is 3.72. The largest absolute Gasteiger partial charge is 0.306 e. The van der Waals surface area contributed by atoms with E-state index in [-0.39, 0.29) is 6.04 Å². The Balaban J connectivity index is 1.98. The first-order chi connectivity index (χ1) is 10.2. The van der Waals surface area contributed by atoms with E-state index in [0.717, 1.165) is 17.4 Å². The minimum Gasteiger partial charge on any atom is -0.306 e. The minimum absolute atomic E-state index is 0.285. The molecule has 0 aliphatic heterocycles. The Morgan fingerprint density at radius 2 is 2.10 bits per heavy atom. The quantitative estimate of drug-likeness (QED) is 0.629. The van der Waals surface area contributed by atoms with Crippen molar-refractivity contribution in [3.05, 3.63) is 54.1 Å². The zero-order chi connectivity index (χ0) is 14.8. The fourth-order valence-electron chi connectivity index (χ4n) is 2.88. The van der Waals surface area contributed by atoms with Crippen molar-refractivity contribution >= 4 is 43.2 Å². The van der Waals surface area contributed by atoms with Crippen molar-refractivity contribution in [1.29, 1.82) is 0 Å². The standard InChI is InChI=1S/C17H19Br2NS/c1-2-8-20-17(13-10-12(18)6-7-14(13)19)16-9-11-4-3-5-15(11)21-16/h6-7,9-10,17,20H,2-5,8H2,1H3. The molecule has 0 spiro atoms. The lowest BCUT2D eigenvalue weighted by Gasteiger charge is -2.19. The molecule has 1 nitrogen and oxygen atoms in total. The van der Waals surface area contributed by atoms with Crippen LogP contribution in [0.1, 0.15) is 46.7 Å². The fourth-order valence-corrected chi connectivity index (χ4v) is 5.09. The molecule has 2 aromatic rings. The van der Waals surface area contributed by atoms with Crippen LogP contribution in [0.3, 0.4) is 0 Å². The van der Waals surface area contributed by atoms with Crippen molar-refractivity contribution in [2.24, 2.45) is 0 Å². The van der Waals surface area contributed by atoms with Crippen molar-refractivity contribution in [2.75, 3.05) is 6.54 Å². The zero-order valence-electron chi connectivity index (χ0n) is 12.1. The van der Waals surface area contributed by atoms with Gasteiger partial charge < -0.3 is 5.32 Å². The van der Waals surface area contributed by atoms with Gasteiger partial charge in [0.05, 0.1) is 6.04 Å². The molecule has 0 bridgehead atoms. The summed E-state index contributed by atoms with van der Waals surface area (Å²) >= 11 is 9.32. The second kappa shape index (κ2) is 6.95. The van der Waals surface area contributed by atoms with Gasteiger partial charge in [0.25, 0.3) is 0 Å². The van der Waals surface area contributed by atoms with Gasteiger partial charge in [-0.15, -0.1) is 11.3 Å². The molecule has 112 valence electrons. The van der Waals surface area contributed by atoms with Gasteiger partial charge >= 0.3 is 0 Å². The smallest absolute Gasteiger partial charge is 0.0682 e. The Bertz CT molecular complexity index is 614. The van der Waals surface area contributed by atoms with Gasteiger partial charge in [-0.1, -0.05) is 38.8 Å². The lowest BCUT2D eigenvalue weighted by Crippen LogP contribution is -2.22. The highest BCUT2D eigenvalue weighted by molar-refractivity contribution is 9.11. The molecule has 0 saturated carbocycles. The van der Waals surface area contributed by atoms with Crippen molar-refractivity contribution < 1.29 is 0 Å². The summed E-state index contributed by atoms with van der Waals surface area (Å²) in [5.41, 5.74) is 2.89. The number of halogens is 2. The van der Waals surface area contributed by atoms with Gasteiger partial charge in [0.15, 0.2) is 0 Å². The Labute approximate surface area is 147 Å². The van der Waals surface area contributed by atoms with Crippen LogP contribution in [0, 0.1) is 0 Å². The van der Waals surface area contributed by atoms with Crippen LogP contribution >= 0.6 is 43.2 Å². The first-order valence-corrected chi connectivity index (χ1v) is 9.89. The maximum absolute atomic E-state index is 3.72. The summed E-state index contributed by atoms with van der Waals surface area (Å²) < 4.78 is 2.31. The van der Waals surface area contributed by atoms with Crippen molar-refractivity contribution in [1.82, 2.24) is 5.32 Å². The molecule has 1 heterocycles. The number of fused-ring (bicyclic) bond motifs is 1. The molecule has 1 aromatic carbocycles. The van der Waals surface area contributed by atoms with Crippen LogP contribution in [0.25, 0.3) is 0 Å². The first-order valence-electron chi connectivity index (χ1n) is 7.49. The van der Waals surface area contributed by atoms with E-state index < -0.39 is 0 Å². The minimum atomic E-state index is 0.285. The summed E-state index contributed by atoms with van der Waals surface area (Å²) in [4.78, 5) is 3.05. The van der Waals surface area contributed by atoms with Gasteiger partial charge in [0.2, 0.25) is 0 Å². The lowest BCUT2D eigenvalue weighted by molar-refractivity contribution is 0.603. The molecular weight excluding hydrogens is 410 g/mol. The van der Waals surface area contributed by atoms with E-state index in [1.54, 1.807) is 10.4 Å². The second-order valence-electron chi connectivity index (χ2n) is 5.50. The van der Waals surface area contributed by atoms with Gasteiger partial charge in [0, 0.05) is 18.7 Å². The lowest BCUT2D eigenvalue weighted by atomic mass is 10.0. The normalized spacial score (nSPS) is 15.2. The molecular formula is C17H19Br2NS. The Morgan fingerprint density at radius 1 is 1.24 bits per heavy atom. The van der Waals surface area contributed by atoms with Crippen LogP contribution in [0.2, 0.25) is 0 Å². The number of hydrogen-bond acceptors (Lipinski definition) is 2. The molecule has 1 atom stereocenters. The van der Waals surface area contributed by atoms with E-state index in [0.29, 0.717) is 0 Å². The predicted octanol–water partition coefficient (Wildman–Crippen LogP) is 5.85. The zero-order valence-corrected chi connectivity index (χ0v) is 16.1. The Hall–Kier alpha value is -0.160. The van der Waals surface area contributed by atoms with E-state index in [2.05, 4.69) is 68.4 Å². The summed E-state index contributed by atoms with van der Waals surface area (Å²) in [6.07, 6.45) is 4.99.